The SMILES string of the molecule is CC(=O)c1ccc(OC(=O)c2oc3ccccc3c2C)cc1. The van der Waals surface area contributed by atoms with Crippen LogP contribution in [0.1, 0.15) is 33.4 Å². The molecule has 0 saturated carbocycles. The lowest BCUT2D eigenvalue weighted by Gasteiger charge is -2.03. The average Bonchev–Trinajstić information content (AvgIpc) is 2.85. The first-order chi connectivity index (χ1) is 10.6. The van der Waals surface area contributed by atoms with Crippen molar-refractivity contribution in [3.05, 3.63) is 65.4 Å². The third kappa shape index (κ3) is 2.51. The average molecular weight is 294 g/mol. The Labute approximate surface area is 127 Å². The van der Waals surface area contributed by atoms with E-state index in [1.165, 1.54) is 6.92 Å². The Kier molecular flexibility index (Phi) is 3.51. The topological polar surface area (TPSA) is 56.5 Å². The third-order valence-electron chi connectivity index (χ3n) is 3.50. The second-order valence-electron chi connectivity index (χ2n) is 5.02. The Morgan fingerprint density at radius 3 is 2.32 bits per heavy atom. The number of hydrogen-bond donors (Lipinski definition) is 0. The van der Waals surface area contributed by atoms with Crippen molar-refractivity contribution in [2.45, 2.75) is 13.8 Å². The van der Waals surface area contributed by atoms with Gasteiger partial charge < -0.3 is 9.15 Å². The number of rotatable bonds is 3. The molecule has 0 aliphatic heterocycles. The highest BCUT2D eigenvalue weighted by molar-refractivity contribution is 5.97. The van der Waals surface area contributed by atoms with Gasteiger partial charge in [-0.3, -0.25) is 4.79 Å². The number of esters is 1. The minimum atomic E-state index is -0.552. The van der Waals surface area contributed by atoms with E-state index in [-0.39, 0.29) is 11.5 Å². The predicted octanol–water partition coefficient (Wildman–Crippen LogP) is 4.16. The summed E-state index contributed by atoms with van der Waals surface area (Å²) in [6, 6.07) is 13.9. The molecule has 2 aromatic carbocycles. The number of Topliss-reactive ketones (excluding diaryl/α,β-unsaturated/α-hetero) is 1. The number of ketones is 1. The number of aryl methyl sites for hydroxylation is 1. The maximum atomic E-state index is 12.2. The Morgan fingerprint density at radius 1 is 1.00 bits per heavy atom. The number of hydrogen-bond acceptors (Lipinski definition) is 4. The van der Waals surface area contributed by atoms with Gasteiger partial charge in [-0.25, -0.2) is 4.79 Å². The number of para-hydroxylation sites is 1. The molecule has 1 heterocycles. The van der Waals surface area contributed by atoms with Crippen molar-refractivity contribution in [3.63, 3.8) is 0 Å². The molecule has 0 N–H and O–H groups in total. The molecule has 0 atom stereocenters. The van der Waals surface area contributed by atoms with Crippen molar-refractivity contribution in [2.24, 2.45) is 0 Å². The minimum Gasteiger partial charge on any atom is -0.449 e. The Balaban J connectivity index is 1.87. The van der Waals surface area contributed by atoms with Gasteiger partial charge in [0.25, 0.3) is 0 Å². The molecule has 0 fully saturated rings. The molecule has 0 radical (unpaired) electrons. The first kappa shape index (κ1) is 14.1. The van der Waals surface area contributed by atoms with Gasteiger partial charge in [-0.1, -0.05) is 18.2 Å². The van der Waals surface area contributed by atoms with Gasteiger partial charge in [0.15, 0.2) is 5.78 Å². The molecule has 3 rings (SSSR count). The van der Waals surface area contributed by atoms with Gasteiger partial charge in [-0.2, -0.15) is 0 Å². The first-order valence-corrected chi connectivity index (χ1v) is 6.87. The van der Waals surface area contributed by atoms with E-state index >= 15 is 0 Å². The Bertz CT molecular complexity index is 856. The van der Waals surface area contributed by atoms with Crippen LogP contribution in [0.5, 0.6) is 5.75 Å². The molecule has 0 bridgehead atoms. The van der Waals surface area contributed by atoms with Gasteiger partial charge in [-0.15, -0.1) is 0 Å². The zero-order chi connectivity index (χ0) is 15.7. The van der Waals surface area contributed by atoms with Crippen molar-refractivity contribution in [1.29, 1.82) is 0 Å². The van der Waals surface area contributed by atoms with Crippen LogP contribution >= 0.6 is 0 Å². The summed E-state index contributed by atoms with van der Waals surface area (Å²) < 4.78 is 10.9. The van der Waals surface area contributed by atoms with Crippen LogP contribution in [0.4, 0.5) is 0 Å². The number of ether oxygens (including phenoxy) is 1. The first-order valence-electron chi connectivity index (χ1n) is 6.87. The highest BCUT2D eigenvalue weighted by Gasteiger charge is 2.19. The van der Waals surface area contributed by atoms with Crippen LogP contribution in [0, 0.1) is 6.92 Å². The van der Waals surface area contributed by atoms with Gasteiger partial charge in [0, 0.05) is 16.5 Å². The van der Waals surface area contributed by atoms with Gasteiger partial charge in [-0.05, 0) is 44.2 Å². The van der Waals surface area contributed by atoms with E-state index in [1.54, 1.807) is 30.3 Å². The van der Waals surface area contributed by atoms with E-state index in [0.29, 0.717) is 16.9 Å². The molecule has 0 amide bonds. The number of benzene rings is 2. The van der Waals surface area contributed by atoms with Crippen molar-refractivity contribution in [1.82, 2.24) is 0 Å². The normalized spacial score (nSPS) is 10.6. The molecule has 22 heavy (non-hydrogen) atoms. The van der Waals surface area contributed by atoms with E-state index in [0.717, 1.165) is 10.9 Å². The van der Waals surface area contributed by atoms with Gasteiger partial charge >= 0.3 is 5.97 Å². The molecule has 1 aromatic heterocycles. The fourth-order valence-corrected chi connectivity index (χ4v) is 2.28. The van der Waals surface area contributed by atoms with Crippen molar-refractivity contribution in [3.8, 4) is 5.75 Å². The number of furan rings is 1. The van der Waals surface area contributed by atoms with Crippen molar-refractivity contribution in [2.75, 3.05) is 0 Å². The van der Waals surface area contributed by atoms with Crippen molar-refractivity contribution >= 4 is 22.7 Å². The van der Waals surface area contributed by atoms with Crippen LogP contribution in [-0.4, -0.2) is 11.8 Å². The second kappa shape index (κ2) is 5.48. The summed E-state index contributed by atoms with van der Waals surface area (Å²) in [5.41, 5.74) is 1.97. The summed E-state index contributed by atoms with van der Waals surface area (Å²) in [7, 11) is 0. The monoisotopic (exact) mass is 294 g/mol. The molecule has 4 nitrogen and oxygen atoms in total. The van der Waals surface area contributed by atoms with Crippen molar-refractivity contribution < 1.29 is 18.7 Å². The highest BCUT2D eigenvalue weighted by atomic mass is 16.5. The number of fused-ring (bicyclic) bond motifs is 1. The summed E-state index contributed by atoms with van der Waals surface area (Å²) >= 11 is 0. The summed E-state index contributed by atoms with van der Waals surface area (Å²) in [6.07, 6.45) is 0. The summed E-state index contributed by atoms with van der Waals surface area (Å²) in [6.45, 7) is 3.31. The molecule has 0 unspecified atom stereocenters. The molecule has 110 valence electrons. The number of carbonyl (C=O) groups is 2. The fourth-order valence-electron chi connectivity index (χ4n) is 2.28. The standard InChI is InChI=1S/C18H14O4/c1-11-15-5-3-4-6-16(15)22-17(11)18(20)21-14-9-7-13(8-10-14)12(2)19/h3-10H,1-2H3. The van der Waals surface area contributed by atoms with Gasteiger partial charge in [0.1, 0.15) is 11.3 Å². The van der Waals surface area contributed by atoms with E-state index < -0.39 is 5.97 Å². The second-order valence-corrected chi connectivity index (χ2v) is 5.02. The van der Waals surface area contributed by atoms with Gasteiger partial charge in [0.2, 0.25) is 5.76 Å². The highest BCUT2D eigenvalue weighted by Crippen LogP contribution is 2.26. The zero-order valence-corrected chi connectivity index (χ0v) is 12.3. The Morgan fingerprint density at radius 2 is 1.68 bits per heavy atom. The van der Waals surface area contributed by atoms with Crippen LogP contribution in [0.25, 0.3) is 11.0 Å². The summed E-state index contributed by atoms with van der Waals surface area (Å²) in [5, 5.41) is 0.890. The van der Waals surface area contributed by atoms with Gasteiger partial charge in [0.05, 0.1) is 0 Å². The lowest BCUT2D eigenvalue weighted by molar-refractivity contribution is 0.0703. The van der Waals surface area contributed by atoms with Crippen LogP contribution in [0.3, 0.4) is 0 Å². The molecular formula is C18H14O4. The lowest BCUT2D eigenvalue weighted by Crippen LogP contribution is -2.08. The molecule has 0 saturated heterocycles. The van der Waals surface area contributed by atoms with Crippen LogP contribution in [0.15, 0.2) is 52.9 Å². The molecule has 4 heteroatoms. The summed E-state index contributed by atoms with van der Waals surface area (Å²) in [5.74, 6) is -0.0259. The zero-order valence-electron chi connectivity index (χ0n) is 12.3. The van der Waals surface area contributed by atoms with E-state index in [1.807, 2.05) is 25.1 Å². The number of carbonyl (C=O) groups excluding carboxylic acids is 2. The lowest BCUT2D eigenvalue weighted by atomic mass is 10.1. The molecule has 0 aliphatic carbocycles. The molecule has 3 aromatic rings. The van der Waals surface area contributed by atoms with E-state index in [2.05, 4.69) is 0 Å². The largest absolute Gasteiger partial charge is 0.449 e. The van der Waals surface area contributed by atoms with Crippen LogP contribution < -0.4 is 4.74 Å². The molecule has 0 aliphatic rings. The molecular weight excluding hydrogens is 280 g/mol. The maximum Gasteiger partial charge on any atom is 0.379 e. The smallest absolute Gasteiger partial charge is 0.379 e. The third-order valence-corrected chi connectivity index (χ3v) is 3.50. The quantitative estimate of drug-likeness (QED) is 0.413. The maximum absolute atomic E-state index is 12.2. The molecule has 0 spiro atoms. The minimum absolute atomic E-state index is 0.0361. The van der Waals surface area contributed by atoms with E-state index in [9.17, 15) is 9.59 Å². The summed E-state index contributed by atoms with van der Waals surface area (Å²) in [4.78, 5) is 23.5. The Hall–Kier alpha value is -2.88. The predicted molar refractivity (Wildman–Crippen MR) is 82.4 cm³/mol. The fraction of sp³-hybridized carbons (Fsp3) is 0.111. The van der Waals surface area contributed by atoms with E-state index in [4.69, 9.17) is 9.15 Å². The van der Waals surface area contributed by atoms with Crippen LogP contribution in [-0.2, 0) is 0 Å². The van der Waals surface area contributed by atoms with Crippen LogP contribution in [0.2, 0.25) is 0 Å².